The summed E-state index contributed by atoms with van der Waals surface area (Å²) in [5.74, 6) is -1.99. The van der Waals surface area contributed by atoms with E-state index in [1.165, 1.54) is 0 Å². The van der Waals surface area contributed by atoms with Gasteiger partial charge in [-0.2, -0.15) is 0 Å². The van der Waals surface area contributed by atoms with E-state index in [0.717, 1.165) is 11.1 Å². The average Bonchev–Trinajstić information content (AvgIpc) is 2.67. The van der Waals surface area contributed by atoms with Gasteiger partial charge in [0.1, 0.15) is 0 Å². The zero-order valence-electron chi connectivity index (χ0n) is 13.6. The van der Waals surface area contributed by atoms with E-state index in [2.05, 4.69) is 0 Å². The molecule has 0 saturated carbocycles. The van der Waals surface area contributed by atoms with Gasteiger partial charge in [-0.05, 0) is 16.7 Å². The highest BCUT2D eigenvalue weighted by atomic mass is 16.4. The van der Waals surface area contributed by atoms with Crippen molar-refractivity contribution in [3.8, 4) is 11.1 Å². The maximum absolute atomic E-state index is 12.5. The summed E-state index contributed by atoms with van der Waals surface area (Å²) in [6.07, 6.45) is -0.0516. The predicted octanol–water partition coefficient (Wildman–Crippen LogP) is 4.79. The zero-order chi connectivity index (χ0) is 17.6. The molecule has 0 bridgehead atoms. The Morgan fingerprint density at radius 1 is 0.720 bits per heavy atom. The molecule has 3 rings (SSSR count). The van der Waals surface area contributed by atoms with E-state index in [9.17, 15) is 14.7 Å². The molecule has 3 nitrogen and oxygen atoms in total. The lowest BCUT2D eigenvalue weighted by molar-refractivity contribution is -0.138. The van der Waals surface area contributed by atoms with Crippen molar-refractivity contribution < 1.29 is 14.7 Å². The van der Waals surface area contributed by atoms with E-state index in [1.807, 2.05) is 48.5 Å². The van der Waals surface area contributed by atoms with Crippen LogP contribution in [-0.4, -0.2) is 16.9 Å². The number of ketones is 1. The van der Waals surface area contributed by atoms with Gasteiger partial charge in [0.25, 0.3) is 0 Å². The number of carbonyl (C=O) groups is 2. The molecule has 25 heavy (non-hydrogen) atoms. The van der Waals surface area contributed by atoms with Crippen molar-refractivity contribution in [3.05, 3.63) is 96.1 Å². The van der Waals surface area contributed by atoms with Crippen LogP contribution in [0.15, 0.2) is 84.9 Å². The lowest BCUT2D eigenvalue weighted by Crippen LogP contribution is -2.16. The van der Waals surface area contributed by atoms with Gasteiger partial charge >= 0.3 is 5.97 Å². The number of carboxylic acid groups (broad SMARTS) is 1. The summed E-state index contributed by atoms with van der Waals surface area (Å²) in [4.78, 5) is 24.1. The third kappa shape index (κ3) is 4.01. The van der Waals surface area contributed by atoms with Gasteiger partial charge in [-0.1, -0.05) is 84.9 Å². The van der Waals surface area contributed by atoms with Gasteiger partial charge in [0, 0.05) is 12.0 Å². The lowest BCUT2D eigenvalue weighted by atomic mass is 9.91. The van der Waals surface area contributed by atoms with E-state index < -0.39 is 11.9 Å². The monoisotopic (exact) mass is 330 g/mol. The maximum Gasteiger partial charge on any atom is 0.311 e. The minimum absolute atomic E-state index is 0.0516. The first-order chi connectivity index (χ1) is 12.1. The second-order valence-corrected chi connectivity index (χ2v) is 5.87. The first kappa shape index (κ1) is 16.7. The van der Waals surface area contributed by atoms with Gasteiger partial charge < -0.3 is 5.11 Å². The third-order valence-electron chi connectivity index (χ3n) is 4.20. The van der Waals surface area contributed by atoms with E-state index in [1.54, 1.807) is 36.4 Å². The fourth-order valence-electron chi connectivity index (χ4n) is 2.82. The summed E-state index contributed by atoms with van der Waals surface area (Å²) < 4.78 is 0. The van der Waals surface area contributed by atoms with Crippen LogP contribution in [0.4, 0.5) is 0 Å². The number of carboxylic acids is 1. The van der Waals surface area contributed by atoms with Crippen LogP contribution >= 0.6 is 0 Å². The Morgan fingerprint density at radius 3 is 1.80 bits per heavy atom. The normalized spacial score (nSPS) is 11.7. The molecule has 124 valence electrons. The molecule has 3 aromatic carbocycles. The smallest absolute Gasteiger partial charge is 0.311 e. The van der Waals surface area contributed by atoms with Crippen LogP contribution < -0.4 is 0 Å². The minimum atomic E-state index is -0.986. The third-order valence-corrected chi connectivity index (χ3v) is 4.20. The van der Waals surface area contributed by atoms with Crippen LogP contribution in [0.5, 0.6) is 0 Å². The van der Waals surface area contributed by atoms with Crippen LogP contribution in [0.1, 0.15) is 28.3 Å². The number of aliphatic carboxylic acids is 1. The fourth-order valence-corrected chi connectivity index (χ4v) is 2.82. The summed E-state index contributed by atoms with van der Waals surface area (Å²) in [6.45, 7) is 0. The second-order valence-electron chi connectivity index (χ2n) is 5.87. The molecule has 0 radical (unpaired) electrons. The quantitative estimate of drug-likeness (QED) is 0.661. The Balaban J connectivity index is 1.77. The molecule has 3 aromatic rings. The van der Waals surface area contributed by atoms with Crippen molar-refractivity contribution in [2.45, 2.75) is 12.3 Å². The van der Waals surface area contributed by atoms with Crippen LogP contribution in [-0.2, 0) is 4.79 Å². The Morgan fingerprint density at radius 2 is 1.24 bits per heavy atom. The van der Waals surface area contributed by atoms with Crippen molar-refractivity contribution in [3.63, 3.8) is 0 Å². The molecule has 0 aromatic heterocycles. The number of Topliss-reactive ketones (excluding diaryl/α,β-unsaturated/α-hetero) is 1. The van der Waals surface area contributed by atoms with Crippen LogP contribution in [0.25, 0.3) is 11.1 Å². The van der Waals surface area contributed by atoms with E-state index in [4.69, 9.17) is 0 Å². The molecule has 0 fully saturated rings. The molecule has 0 heterocycles. The Labute approximate surface area is 146 Å². The van der Waals surface area contributed by atoms with Crippen molar-refractivity contribution >= 4 is 11.8 Å². The highest BCUT2D eigenvalue weighted by molar-refractivity contribution is 5.99. The summed E-state index contributed by atoms with van der Waals surface area (Å²) in [5, 5.41) is 9.46. The van der Waals surface area contributed by atoms with Gasteiger partial charge in [-0.15, -0.1) is 0 Å². The standard InChI is InChI=1S/C22H18O3/c23-21(15-20(22(24)25)18-9-5-2-6-10-18)19-13-11-17(12-14-19)16-7-3-1-4-8-16/h1-14,20H,15H2,(H,24,25). The molecule has 0 aliphatic carbocycles. The molecule has 3 heteroatoms. The van der Waals surface area contributed by atoms with Crippen molar-refractivity contribution in [1.82, 2.24) is 0 Å². The predicted molar refractivity (Wildman–Crippen MR) is 97.6 cm³/mol. The Kier molecular flexibility index (Phi) is 5.05. The minimum Gasteiger partial charge on any atom is -0.481 e. The average molecular weight is 330 g/mol. The summed E-state index contributed by atoms with van der Waals surface area (Å²) in [6, 6.07) is 26.1. The summed E-state index contributed by atoms with van der Waals surface area (Å²) in [5.41, 5.74) is 3.27. The van der Waals surface area contributed by atoms with Crippen molar-refractivity contribution in [2.75, 3.05) is 0 Å². The van der Waals surface area contributed by atoms with Crippen molar-refractivity contribution in [1.29, 1.82) is 0 Å². The molecule has 0 saturated heterocycles. The van der Waals surface area contributed by atoms with Gasteiger partial charge in [0.2, 0.25) is 0 Å². The largest absolute Gasteiger partial charge is 0.481 e. The number of carbonyl (C=O) groups excluding carboxylic acids is 1. The highest BCUT2D eigenvalue weighted by Gasteiger charge is 2.23. The number of hydrogen-bond donors (Lipinski definition) is 1. The molecule has 1 N–H and O–H groups in total. The van der Waals surface area contributed by atoms with Gasteiger partial charge in [-0.25, -0.2) is 0 Å². The molecule has 0 aliphatic heterocycles. The van der Waals surface area contributed by atoms with E-state index in [-0.39, 0.29) is 12.2 Å². The van der Waals surface area contributed by atoms with Crippen LogP contribution in [0.3, 0.4) is 0 Å². The first-order valence-corrected chi connectivity index (χ1v) is 8.11. The van der Waals surface area contributed by atoms with Crippen molar-refractivity contribution in [2.24, 2.45) is 0 Å². The molecule has 0 amide bonds. The van der Waals surface area contributed by atoms with Crippen LogP contribution in [0.2, 0.25) is 0 Å². The fraction of sp³-hybridized carbons (Fsp3) is 0.0909. The highest BCUT2D eigenvalue weighted by Crippen LogP contribution is 2.24. The van der Waals surface area contributed by atoms with Gasteiger partial charge in [0.15, 0.2) is 5.78 Å². The molecular formula is C22H18O3. The van der Waals surface area contributed by atoms with Gasteiger partial charge in [-0.3, -0.25) is 9.59 Å². The zero-order valence-corrected chi connectivity index (χ0v) is 13.6. The van der Waals surface area contributed by atoms with E-state index >= 15 is 0 Å². The topological polar surface area (TPSA) is 54.4 Å². The SMILES string of the molecule is O=C(CC(C(=O)O)c1ccccc1)c1ccc(-c2ccccc2)cc1. The molecule has 1 unspecified atom stereocenters. The first-order valence-electron chi connectivity index (χ1n) is 8.11. The van der Waals surface area contributed by atoms with E-state index in [0.29, 0.717) is 11.1 Å². The Bertz CT molecular complexity index is 853. The number of hydrogen-bond acceptors (Lipinski definition) is 2. The summed E-state index contributed by atoms with van der Waals surface area (Å²) in [7, 11) is 0. The number of rotatable bonds is 6. The van der Waals surface area contributed by atoms with Crippen LogP contribution in [0, 0.1) is 0 Å². The second kappa shape index (κ2) is 7.58. The molecule has 0 spiro atoms. The molecule has 0 aliphatic rings. The molecule has 1 atom stereocenters. The Hall–Kier alpha value is -3.20. The lowest BCUT2D eigenvalue weighted by Gasteiger charge is -2.12. The maximum atomic E-state index is 12.5. The summed E-state index contributed by atoms with van der Waals surface area (Å²) >= 11 is 0. The number of benzene rings is 3. The molecular weight excluding hydrogens is 312 g/mol. The van der Waals surface area contributed by atoms with Gasteiger partial charge in [0.05, 0.1) is 5.92 Å².